The quantitative estimate of drug-likeness (QED) is 0.689. The molecule has 29 heavy (non-hydrogen) atoms. The number of carbonyl (C=O) groups excluding carboxylic acids is 1. The van der Waals surface area contributed by atoms with Crippen molar-refractivity contribution in [3.05, 3.63) is 69.8 Å². The maximum Gasteiger partial charge on any atom is 0.319 e. The van der Waals surface area contributed by atoms with Gasteiger partial charge in [0.05, 0.1) is 30.5 Å². The first-order valence-corrected chi connectivity index (χ1v) is 9.72. The van der Waals surface area contributed by atoms with Gasteiger partial charge in [-0.1, -0.05) is 12.1 Å². The van der Waals surface area contributed by atoms with Crippen molar-refractivity contribution in [2.45, 2.75) is 13.0 Å². The lowest BCUT2D eigenvalue weighted by molar-refractivity contribution is 0.240. The van der Waals surface area contributed by atoms with Gasteiger partial charge in [0.2, 0.25) is 5.88 Å². The lowest BCUT2D eigenvalue weighted by Crippen LogP contribution is -2.43. The molecule has 0 radical (unpaired) electrons. The van der Waals surface area contributed by atoms with E-state index in [0.29, 0.717) is 11.4 Å². The summed E-state index contributed by atoms with van der Waals surface area (Å²) < 4.78 is 5.40. The Balaban J connectivity index is 1.77. The molecule has 7 nitrogen and oxygen atoms in total. The molecule has 0 spiro atoms. The Morgan fingerprint density at radius 1 is 1.24 bits per heavy atom. The van der Waals surface area contributed by atoms with Gasteiger partial charge in [0.15, 0.2) is 0 Å². The molecule has 0 bridgehead atoms. The van der Waals surface area contributed by atoms with E-state index in [0.717, 1.165) is 33.1 Å². The van der Waals surface area contributed by atoms with Crippen LogP contribution in [0.25, 0.3) is 16.8 Å². The third-order valence-corrected chi connectivity index (χ3v) is 5.49. The number of allylic oxidation sites excluding steroid dienone is 1. The number of methoxy groups -OCH3 is 1. The lowest BCUT2D eigenvalue weighted by atomic mass is 9.96. The maximum atomic E-state index is 12.2. The minimum Gasteiger partial charge on any atom is -0.481 e. The van der Waals surface area contributed by atoms with Gasteiger partial charge in [-0.15, -0.1) is 11.3 Å². The van der Waals surface area contributed by atoms with Gasteiger partial charge in [-0.3, -0.25) is 0 Å². The number of hydrogen-bond acceptors (Lipinski definition) is 6. The van der Waals surface area contributed by atoms with Crippen LogP contribution in [0, 0.1) is 11.3 Å². The largest absolute Gasteiger partial charge is 0.481 e. The zero-order valence-corrected chi connectivity index (χ0v) is 16.6. The van der Waals surface area contributed by atoms with Crippen molar-refractivity contribution >= 4 is 22.9 Å². The van der Waals surface area contributed by atoms with Crippen LogP contribution < -0.4 is 15.4 Å². The first kappa shape index (κ1) is 18.7. The number of hydrogen-bond donors (Lipinski definition) is 2. The fourth-order valence-electron chi connectivity index (χ4n) is 3.25. The van der Waals surface area contributed by atoms with Crippen molar-refractivity contribution in [3.8, 4) is 23.2 Å². The predicted octanol–water partition coefficient (Wildman–Crippen LogP) is 3.87. The Hall–Kier alpha value is -3.70. The normalized spacial score (nSPS) is 16.0. The average Bonchev–Trinajstić information content (AvgIpc) is 3.22. The number of carbonyl (C=O) groups is 1. The highest BCUT2D eigenvalue weighted by molar-refractivity contribution is 7.11. The molecule has 1 unspecified atom stereocenters. The molecule has 2 amide bonds. The molecule has 1 atom stereocenters. The SMILES string of the molecule is COc1ncccc1C1NC(=O)NC(C)=C1c1nc(-c2ccc(C#N)cc2)cs1. The number of urea groups is 1. The van der Waals surface area contributed by atoms with Gasteiger partial charge in [0, 0.05) is 34.0 Å². The van der Waals surface area contributed by atoms with E-state index in [1.54, 1.807) is 25.4 Å². The smallest absolute Gasteiger partial charge is 0.319 e. The average molecular weight is 403 g/mol. The van der Waals surface area contributed by atoms with E-state index >= 15 is 0 Å². The third-order valence-electron chi connectivity index (χ3n) is 4.62. The van der Waals surface area contributed by atoms with Gasteiger partial charge in [-0.05, 0) is 31.2 Å². The molecule has 1 aliphatic rings. The summed E-state index contributed by atoms with van der Waals surface area (Å²) >= 11 is 1.49. The van der Waals surface area contributed by atoms with Crippen LogP contribution in [-0.4, -0.2) is 23.1 Å². The highest BCUT2D eigenvalue weighted by Crippen LogP contribution is 2.39. The van der Waals surface area contributed by atoms with E-state index in [-0.39, 0.29) is 6.03 Å². The number of benzene rings is 1. The summed E-state index contributed by atoms with van der Waals surface area (Å²) in [6.45, 7) is 1.85. The topological polar surface area (TPSA) is 99.9 Å². The van der Waals surface area contributed by atoms with Crippen molar-refractivity contribution < 1.29 is 9.53 Å². The van der Waals surface area contributed by atoms with Crippen LogP contribution in [0.5, 0.6) is 5.88 Å². The van der Waals surface area contributed by atoms with E-state index in [4.69, 9.17) is 15.0 Å². The Bertz CT molecular complexity index is 1140. The maximum absolute atomic E-state index is 12.2. The van der Waals surface area contributed by atoms with Gasteiger partial charge in [0.1, 0.15) is 5.01 Å². The van der Waals surface area contributed by atoms with E-state index in [1.165, 1.54) is 11.3 Å². The molecular formula is C21H17N5O2S. The molecular weight excluding hydrogens is 386 g/mol. The van der Waals surface area contributed by atoms with Crippen molar-refractivity contribution in [2.75, 3.05) is 7.11 Å². The summed E-state index contributed by atoms with van der Waals surface area (Å²) in [6, 6.07) is 12.4. The van der Waals surface area contributed by atoms with E-state index < -0.39 is 6.04 Å². The molecule has 0 saturated carbocycles. The standard InChI is InChI=1S/C21H17N5O2S/c1-12-17(18(26-21(27)24-12)15-4-3-9-23-19(15)28-2)20-25-16(11-29-20)14-7-5-13(10-22)6-8-14/h3-9,11,18H,1-2H3,(H2,24,26,27). The Morgan fingerprint density at radius 2 is 2.03 bits per heavy atom. The summed E-state index contributed by atoms with van der Waals surface area (Å²) in [6.07, 6.45) is 1.65. The van der Waals surface area contributed by atoms with Crippen LogP contribution in [-0.2, 0) is 0 Å². The zero-order chi connectivity index (χ0) is 20.4. The number of ether oxygens (including phenoxy) is 1. The fourth-order valence-corrected chi connectivity index (χ4v) is 4.21. The molecule has 8 heteroatoms. The van der Waals surface area contributed by atoms with Crippen LogP contribution in [0.1, 0.15) is 29.1 Å². The number of pyridine rings is 1. The number of rotatable bonds is 4. The van der Waals surface area contributed by atoms with Crippen molar-refractivity contribution in [3.63, 3.8) is 0 Å². The molecule has 0 fully saturated rings. The molecule has 0 saturated heterocycles. The van der Waals surface area contributed by atoms with E-state index in [9.17, 15) is 4.79 Å². The van der Waals surface area contributed by atoms with Crippen molar-refractivity contribution in [2.24, 2.45) is 0 Å². The Labute approximate surface area is 171 Å². The molecule has 1 aliphatic heterocycles. The second-order valence-electron chi connectivity index (χ2n) is 6.40. The molecule has 0 aliphatic carbocycles. The third kappa shape index (κ3) is 3.56. The molecule has 144 valence electrons. The summed E-state index contributed by atoms with van der Waals surface area (Å²) in [5.74, 6) is 0.453. The number of nitrogens with one attached hydrogen (secondary N) is 2. The minimum atomic E-state index is -0.438. The first-order valence-electron chi connectivity index (χ1n) is 8.84. The number of thiazole rings is 1. The highest BCUT2D eigenvalue weighted by atomic mass is 32.1. The molecule has 3 heterocycles. The van der Waals surface area contributed by atoms with Crippen LogP contribution >= 0.6 is 11.3 Å². The number of nitrogens with zero attached hydrogens (tertiary/aromatic N) is 3. The van der Waals surface area contributed by atoms with Crippen LogP contribution in [0.4, 0.5) is 4.79 Å². The molecule has 1 aromatic carbocycles. The number of amides is 2. The summed E-state index contributed by atoms with van der Waals surface area (Å²) in [7, 11) is 1.55. The van der Waals surface area contributed by atoms with Crippen molar-refractivity contribution in [1.82, 2.24) is 20.6 Å². The predicted molar refractivity (Wildman–Crippen MR) is 110 cm³/mol. The molecule has 2 N–H and O–H groups in total. The fraction of sp³-hybridized carbons (Fsp3) is 0.143. The second-order valence-corrected chi connectivity index (χ2v) is 7.26. The summed E-state index contributed by atoms with van der Waals surface area (Å²) in [5.41, 5.74) is 4.68. The zero-order valence-electron chi connectivity index (χ0n) is 15.8. The van der Waals surface area contributed by atoms with Gasteiger partial charge < -0.3 is 15.4 Å². The lowest BCUT2D eigenvalue weighted by Gasteiger charge is -2.28. The summed E-state index contributed by atoms with van der Waals surface area (Å²) in [5, 5.41) is 17.5. The minimum absolute atomic E-state index is 0.286. The second kappa shape index (κ2) is 7.73. The molecule has 4 rings (SSSR count). The first-order chi connectivity index (χ1) is 14.1. The van der Waals surface area contributed by atoms with E-state index in [1.807, 2.05) is 36.6 Å². The van der Waals surface area contributed by atoms with Gasteiger partial charge in [0.25, 0.3) is 0 Å². The highest BCUT2D eigenvalue weighted by Gasteiger charge is 2.31. The van der Waals surface area contributed by atoms with Crippen LogP contribution in [0.2, 0.25) is 0 Å². The van der Waals surface area contributed by atoms with Gasteiger partial charge >= 0.3 is 6.03 Å². The monoisotopic (exact) mass is 403 g/mol. The van der Waals surface area contributed by atoms with Crippen LogP contribution in [0.3, 0.4) is 0 Å². The van der Waals surface area contributed by atoms with Crippen LogP contribution in [0.15, 0.2) is 53.7 Å². The summed E-state index contributed by atoms with van der Waals surface area (Å²) in [4.78, 5) is 21.2. The van der Waals surface area contributed by atoms with E-state index in [2.05, 4.69) is 21.7 Å². The van der Waals surface area contributed by atoms with Gasteiger partial charge in [-0.25, -0.2) is 14.8 Å². The number of nitriles is 1. The molecule has 2 aromatic heterocycles. The Morgan fingerprint density at radius 3 is 2.76 bits per heavy atom. The number of aromatic nitrogens is 2. The van der Waals surface area contributed by atoms with Crippen molar-refractivity contribution in [1.29, 1.82) is 5.26 Å². The molecule has 3 aromatic rings. The van der Waals surface area contributed by atoms with Gasteiger partial charge in [-0.2, -0.15) is 5.26 Å². The Kier molecular flexibility index (Phi) is 4.97.